The van der Waals surface area contributed by atoms with E-state index in [1.807, 2.05) is 91.9 Å². The van der Waals surface area contributed by atoms with E-state index < -0.39 is 0 Å². The highest BCUT2D eigenvalue weighted by atomic mass is 16.3. The maximum atomic E-state index is 11.3. The fourth-order valence-electron chi connectivity index (χ4n) is 6.15. The van der Waals surface area contributed by atoms with E-state index in [9.17, 15) is 5.11 Å². The number of aryl methyl sites for hydroxylation is 1. The SMILES string of the molecule is C=C/C=C\C=C(/C)N(c1ccccc1)c1ccc2oc3nc(C)c(-c4cc(N(c5ccccc5)c5ccccc5)ccc4O)cc3c2c1. The van der Waals surface area contributed by atoms with Crippen LogP contribution in [0.2, 0.25) is 0 Å². The summed E-state index contributed by atoms with van der Waals surface area (Å²) < 4.78 is 6.28. The molecule has 0 aliphatic carbocycles. The van der Waals surface area contributed by atoms with Crippen LogP contribution in [0.15, 0.2) is 174 Å². The Morgan fingerprint density at radius 2 is 1.29 bits per heavy atom. The van der Waals surface area contributed by atoms with Crippen LogP contribution in [-0.2, 0) is 0 Å². The number of hydrogen-bond donors (Lipinski definition) is 1. The quantitative estimate of drug-likeness (QED) is 0.162. The van der Waals surface area contributed by atoms with Crippen LogP contribution in [-0.4, -0.2) is 10.1 Å². The minimum Gasteiger partial charge on any atom is -0.507 e. The van der Waals surface area contributed by atoms with Gasteiger partial charge in [-0.2, -0.15) is 0 Å². The van der Waals surface area contributed by atoms with Crippen LogP contribution in [0.4, 0.5) is 28.4 Å². The molecule has 0 aliphatic rings. The monoisotopic (exact) mass is 625 g/mol. The van der Waals surface area contributed by atoms with Crippen LogP contribution < -0.4 is 9.80 Å². The Hall–Kier alpha value is -6.33. The molecule has 0 spiro atoms. The van der Waals surface area contributed by atoms with E-state index in [0.29, 0.717) is 11.3 Å². The molecule has 0 amide bonds. The molecule has 5 heteroatoms. The molecule has 5 aromatic carbocycles. The molecule has 0 saturated heterocycles. The summed E-state index contributed by atoms with van der Waals surface area (Å²) in [7, 11) is 0. The van der Waals surface area contributed by atoms with Gasteiger partial charge in [-0.15, -0.1) is 0 Å². The topological polar surface area (TPSA) is 52.7 Å². The first kappa shape index (κ1) is 30.3. The van der Waals surface area contributed by atoms with Crippen LogP contribution in [0, 0.1) is 6.92 Å². The summed E-state index contributed by atoms with van der Waals surface area (Å²) in [5.41, 5.74) is 9.64. The Balaban J connectivity index is 1.37. The molecule has 0 saturated carbocycles. The highest BCUT2D eigenvalue weighted by Gasteiger charge is 2.20. The van der Waals surface area contributed by atoms with Gasteiger partial charge in [0.25, 0.3) is 0 Å². The Morgan fingerprint density at radius 1 is 0.667 bits per heavy atom. The molecule has 0 bridgehead atoms. The summed E-state index contributed by atoms with van der Waals surface area (Å²) in [5.74, 6) is 0.182. The molecular formula is C43H35N3O2. The number of furan rings is 1. The molecule has 2 heterocycles. The van der Waals surface area contributed by atoms with Crippen molar-refractivity contribution >= 4 is 50.5 Å². The van der Waals surface area contributed by atoms with Gasteiger partial charge in [-0.25, -0.2) is 4.98 Å². The van der Waals surface area contributed by atoms with Crippen molar-refractivity contribution in [2.24, 2.45) is 0 Å². The Kier molecular flexibility index (Phi) is 8.33. The predicted octanol–water partition coefficient (Wildman–Crippen LogP) is 11.9. The smallest absolute Gasteiger partial charge is 0.227 e. The van der Waals surface area contributed by atoms with Crippen molar-refractivity contribution in [1.29, 1.82) is 0 Å². The lowest BCUT2D eigenvalue weighted by Crippen LogP contribution is -2.14. The average Bonchev–Trinajstić information content (AvgIpc) is 3.47. The van der Waals surface area contributed by atoms with E-state index in [2.05, 4.69) is 84.0 Å². The van der Waals surface area contributed by atoms with E-state index in [4.69, 9.17) is 9.40 Å². The van der Waals surface area contributed by atoms with Gasteiger partial charge >= 0.3 is 0 Å². The van der Waals surface area contributed by atoms with Gasteiger partial charge in [0.15, 0.2) is 0 Å². The molecule has 1 N–H and O–H groups in total. The maximum absolute atomic E-state index is 11.3. The predicted molar refractivity (Wildman–Crippen MR) is 200 cm³/mol. The van der Waals surface area contributed by atoms with Gasteiger partial charge in [-0.3, -0.25) is 0 Å². The van der Waals surface area contributed by atoms with E-state index >= 15 is 0 Å². The van der Waals surface area contributed by atoms with Crippen molar-refractivity contribution in [2.75, 3.05) is 9.80 Å². The van der Waals surface area contributed by atoms with E-state index in [-0.39, 0.29) is 5.75 Å². The third kappa shape index (κ3) is 5.85. The minimum atomic E-state index is 0.182. The van der Waals surface area contributed by atoms with E-state index in [0.717, 1.165) is 61.7 Å². The number of rotatable bonds is 9. The standard InChI is InChI=1S/C43H35N3O2/c1-4-5-9-16-30(2)45(32-17-10-6-11-18-32)35-24-26-42-39(28-35)40-29-37(31(3)44-43(40)48-42)38-27-36(23-25-41(38)47)46(33-19-12-7-13-20-33)34-21-14-8-15-22-34/h4-29,47H,1H2,2-3H3/b9-5-,30-16+. The molecule has 0 atom stereocenters. The lowest BCUT2D eigenvalue weighted by atomic mass is 10.00. The van der Waals surface area contributed by atoms with Crippen molar-refractivity contribution in [1.82, 2.24) is 4.98 Å². The summed E-state index contributed by atoms with van der Waals surface area (Å²) in [5, 5.41) is 13.1. The van der Waals surface area contributed by atoms with Crippen molar-refractivity contribution < 1.29 is 9.52 Å². The van der Waals surface area contributed by atoms with Crippen LogP contribution >= 0.6 is 0 Å². The molecule has 7 rings (SSSR count). The highest BCUT2D eigenvalue weighted by Crippen LogP contribution is 2.42. The van der Waals surface area contributed by atoms with Gasteiger partial charge in [0, 0.05) is 61.7 Å². The van der Waals surface area contributed by atoms with Crippen molar-refractivity contribution in [2.45, 2.75) is 13.8 Å². The number of phenols is 1. The summed E-state index contributed by atoms with van der Waals surface area (Å²) in [4.78, 5) is 9.30. The molecule has 48 heavy (non-hydrogen) atoms. The van der Waals surface area contributed by atoms with E-state index in [1.165, 1.54) is 0 Å². The number of fused-ring (bicyclic) bond motifs is 3. The zero-order valence-electron chi connectivity index (χ0n) is 26.9. The molecule has 0 unspecified atom stereocenters. The molecule has 7 aromatic rings. The summed E-state index contributed by atoms with van der Waals surface area (Å²) >= 11 is 0. The first-order valence-electron chi connectivity index (χ1n) is 15.9. The minimum absolute atomic E-state index is 0.182. The Bertz CT molecular complexity index is 2250. The Morgan fingerprint density at radius 3 is 1.94 bits per heavy atom. The normalized spacial score (nSPS) is 11.8. The van der Waals surface area contributed by atoms with Crippen LogP contribution in [0.3, 0.4) is 0 Å². The van der Waals surface area contributed by atoms with Gasteiger partial charge in [-0.05, 0) is 98.8 Å². The van der Waals surface area contributed by atoms with E-state index in [1.54, 1.807) is 12.1 Å². The second kappa shape index (κ2) is 13.2. The number of para-hydroxylation sites is 3. The number of benzene rings is 5. The van der Waals surface area contributed by atoms with Gasteiger partial charge in [0.1, 0.15) is 11.3 Å². The molecule has 0 fully saturated rings. The number of anilines is 5. The fourth-order valence-corrected chi connectivity index (χ4v) is 6.15. The first-order valence-corrected chi connectivity index (χ1v) is 15.9. The average molecular weight is 626 g/mol. The zero-order chi connectivity index (χ0) is 33.0. The number of allylic oxidation sites excluding steroid dienone is 5. The number of phenolic OH excluding ortho intramolecular Hbond substituents is 1. The highest BCUT2D eigenvalue weighted by molar-refractivity contribution is 6.07. The lowest BCUT2D eigenvalue weighted by Gasteiger charge is -2.26. The van der Waals surface area contributed by atoms with Gasteiger partial charge in [0.2, 0.25) is 5.71 Å². The third-order valence-corrected chi connectivity index (χ3v) is 8.41. The molecule has 0 aliphatic heterocycles. The number of aromatic nitrogens is 1. The molecule has 0 radical (unpaired) electrons. The second-order valence-corrected chi connectivity index (χ2v) is 11.6. The third-order valence-electron chi connectivity index (χ3n) is 8.41. The largest absolute Gasteiger partial charge is 0.507 e. The van der Waals surface area contributed by atoms with Crippen LogP contribution in [0.1, 0.15) is 12.6 Å². The van der Waals surface area contributed by atoms with Crippen molar-refractivity contribution in [3.8, 4) is 16.9 Å². The molecule has 5 nitrogen and oxygen atoms in total. The number of hydrogen-bond acceptors (Lipinski definition) is 5. The maximum Gasteiger partial charge on any atom is 0.227 e. The summed E-state index contributed by atoms with van der Waals surface area (Å²) in [6.45, 7) is 7.83. The second-order valence-electron chi connectivity index (χ2n) is 11.6. The molecular weight excluding hydrogens is 590 g/mol. The van der Waals surface area contributed by atoms with Crippen molar-refractivity contribution in [3.63, 3.8) is 0 Å². The summed E-state index contributed by atoms with van der Waals surface area (Å²) in [6.07, 6.45) is 7.74. The number of nitrogens with zero attached hydrogens (tertiary/aromatic N) is 3. The summed E-state index contributed by atoms with van der Waals surface area (Å²) in [6, 6.07) is 44.8. The first-order chi connectivity index (χ1) is 23.5. The number of pyridine rings is 1. The zero-order valence-corrected chi connectivity index (χ0v) is 26.9. The molecule has 2 aromatic heterocycles. The fraction of sp³-hybridized carbons (Fsp3) is 0.0465. The lowest BCUT2D eigenvalue weighted by molar-refractivity contribution is 0.477. The van der Waals surface area contributed by atoms with Gasteiger partial charge in [0.05, 0.1) is 0 Å². The Labute approximate surface area is 280 Å². The number of aromatic hydroxyl groups is 1. The van der Waals surface area contributed by atoms with Crippen LogP contribution in [0.5, 0.6) is 5.75 Å². The van der Waals surface area contributed by atoms with Gasteiger partial charge in [-0.1, -0.05) is 79.4 Å². The van der Waals surface area contributed by atoms with Crippen molar-refractivity contribution in [3.05, 3.63) is 176 Å². The van der Waals surface area contributed by atoms with Crippen LogP contribution in [0.25, 0.3) is 33.2 Å². The van der Waals surface area contributed by atoms with Gasteiger partial charge < -0.3 is 19.3 Å². The molecule has 234 valence electrons.